The number of carbonyl (C=O) groups excluding carboxylic acids is 1. The van der Waals surface area contributed by atoms with E-state index in [0.717, 1.165) is 18.5 Å². The molecular weight excluding hydrogens is 222 g/mol. The largest absolute Gasteiger partial charge is 0.352 e. The summed E-state index contributed by atoms with van der Waals surface area (Å²) in [4.78, 5) is 16.9. The second kappa shape index (κ2) is 4.93. The summed E-state index contributed by atoms with van der Waals surface area (Å²) in [5, 5.41) is 6.17. The van der Waals surface area contributed by atoms with Crippen LogP contribution in [-0.2, 0) is 4.79 Å². The van der Waals surface area contributed by atoms with Crippen molar-refractivity contribution in [3.63, 3.8) is 0 Å². The van der Waals surface area contributed by atoms with Crippen LogP contribution in [0.5, 0.6) is 0 Å². The summed E-state index contributed by atoms with van der Waals surface area (Å²) in [5.41, 5.74) is 2.89. The molecule has 1 amide bonds. The van der Waals surface area contributed by atoms with E-state index >= 15 is 0 Å². The van der Waals surface area contributed by atoms with Crippen LogP contribution in [0.1, 0.15) is 36.4 Å². The van der Waals surface area contributed by atoms with E-state index in [2.05, 4.69) is 22.5 Å². The summed E-state index contributed by atoms with van der Waals surface area (Å²) in [6.07, 6.45) is 2.27. The van der Waals surface area contributed by atoms with Crippen LogP contribution in [-0.4, -0.2) is 23.5 Å². The molecule has 0 aromatic carbocycles. The highest BCUT2D eigenvalue weighted by Gasteiger charge is 2.23. The molecule has 1 fully saturated rings. The fourth-order valence-corrected chi connectivity index (χ4v) is 2.41. The summed E-state index contributed by atoms with van der Waals surface area (Å²) in [7, 11) is 0. The van der Waals surface area contributed by atoms with Gasteiger partial charge in [0, 0.05) is 17.0 Å². The highest BCUT2D eigenvalue weighted by atomic mass is 32.1. The van der Waals surface area contributed by atoms with Crippen molar-refractivity contribution in [1.82, 2.24) is 15.6 Å². The molecule has 1 aromatic heterocycles. The van der Waals surface area contributed by atoms with E-state index < -0.39 is 0 Å². The third-order valence-corrected chi connectivity index (χ3v) is 3.80. The molecule has 0 bridgehead atoms. The maximum Gasteiger partial charge on any atom is 0.234 e. The molecule has 0 saturated heterocycles. The second-order valence-electron chi connectivity index (χ2n) is 4.25. The van der Waals surface area contributed by atoms with Gasteiger partial charge in [-0.15, -0.1) is 11.3 Å². The smallest absolute Gasteiger partial charge is 0.234 e. The van der Waals surface area contributed by atoms with E-state index in [9.17, 15) is 4.79 Å². The van der Waals surface area contributed by atoms with Crippen molar-refractivity contribution in [1.29, 1.82) is 0 Å². The first-order chi connectivity index (χ1) is 7.66. The molecule has 1 unspecified atom stereocenters. The Morgan fingerprint density at radius 1 is 1.69 bits per heavy atom. The number of thiazole rings is 1. The molecular formula is C11H17N3OS. The average molecular weight is 239 g/mol. The Hall–Kier alpha value is -0.940. The third-order valence-electron chi connectivity index (χ3n) is 2.69. The van der Waals surface area contributed by atoms with E-state index in [1.807, 2.05) is 12.4 Å². The molecule has 1 atom stereocenters. The second-order valence-corrected chi connectivity index (χ2v) is 5.13. The first kappa shape index (κ1) is 11.5. The lowest BCUT2D eigenvalue weighted by Crippen LogP contribution is -2.36. The molecule has 5 heteroatoms. The molecule has 4 nitrogen and oxygen atoms in total. The van der Waals surface area contributed by atoms with E-state index in [4.69, 9.17) is 0 Å². The average Bonchev–Trinajstić information content (AvgIpc) is 2.95. The minimum absolute atomic E-state index is 0.0940. The van der Waals surface area contributed by atoms with Gasteiger partial charge in [-0.05, 0) is 26.7 Å². The Morgan fingerprint density at radius 2 is 2.44 bits per heavy atom. The molecule has 1 saturated carbocycles. The summed E-state index contributed by atoms with van der Waals surface area (Å²) in [5.74, 6) is 0.0940. The number of amides is 1. The number of rotatable bonds is 5. The van der Waals surface area contributed by atoms with E-state index in [-0.39, 0.29) is 11.9 Å². The van der Waals surface area contributed by atoms with Gasteiger partial charge >= 0.3 is 0 Å². The SMILES string of the molecule is Cc1ncsc1C(C)NCC(=O)NC1CC1. The normalized spacial score (nSPS) is 17.1. The molecule has 16 heavy (non-hydrogen) atoms. The lowest BCUT2D eigenvalue weighted by atomic mass is 10.2. The fourth-order valence-electron chi connectivity index (χ4n) is 1.57. The van der Waals surface area contributed by atoms with Crippen LogP contribution in [0.3, 0.4) is 0 Å². The number of hydrogen-bond acceptors (Lipinski definition) is 4. The fraction of sp³-hybridized carbons (Fsp3) is 0.636. The topological polar surface area (TPSA) is 54.0 Å². The summed E-state index contributed by atoms with van der Waals surface area (Å²) in [6.45, 7) is 4.44. The monoisotopic (exact) mass is 239 g/mol. The molecule has 0 radical (unpaired) electrons. The van der Waals surface area contributed by atoms with Crippen molar-refractivity contribution in [2.24, 2.45) is 0 Å². The minimum Gasteiger partial charge on any atom is -0.352 e. The van der Waals surface area contributed by atoms with Crippen molar-refractivity contribution < 1.29 is 4.79 Å². The van der Waals surface area contributed by atoms with Gasteiger partial charge in [-0.3, -0.25) is 4.79 Å². The molecule has 88 valence electrons. The predicted octanol–water partition coefficient (Wildman–Crippen LogP) is 1.38. The Labute approximate surface area is 99.5 Å². The molecule has 0 spiro atoms. The van der Waals surface area contributed by atoms with E-state index in [1.165, 1.54) is 4.88 Å². The lowest BCUT2D eigenvalue weighted by Gasteiger charge is -2.12. The van der Waals surface area contributed by atoms with Crippen molar-refractivity contribution in [3.8, 4) is 0 Å². The van der Waals surface area contributed by atoms with Crippen LogP contribution in [0, 0.1) is 6.92 Å². The molecule has 1 aliphatic carbocycles. The number of nitrogens with zero attached hydrogens (tertiary/aromatic N) is 1. The number of nitrogens with one attached hydrogen (secondary N) is 2. The van der Waals surface area contributed by atoms with E-state index in [1.54, 1.807) is 11.3 Å². The van der Waals surface area contributed by atoms with Crippen LogP contribution >= 0.6 is 11.3 Å². The van der Waals surface area contributed by atoms with Crippen LogP contribution in [0.15, 0.2) is 5.51 Å². The Balaban J connectivity index is 1.76. The van der Waals surface area contributed by atoms with Gasteiger partial charge in [0.25, 0.3) is 0 Å². The zero-order valence-electron chi connectivity index (χ0n) is 9.62. The number of carbonyl (C=O) groups is 1. The third kappa shape index (κ3) is 3.02. The highest BCUT2D eigenvalue weighted by molar-refractivity contribution is 7.09. The maximum absolute atomic E-state index is 11.5. The van der Waals surface area contributed by atoms with Gasteiger partial charge in [-0.1, -0.05) is 0 Å². The Bertz CT molecular complexity index is 373. The van der Waals surface area contributed by atoms with Gasteiger partial charge in [0.05, 0.1) is 17.7 Å². The van der Waals surface area contributed by atoms with E-state index in [0.29, 0.717) is 12.6 Å². The Kier molecular flexibility index (Phi) is 3.56. The van der Waals surface area contributed by atoms with Crippen LogP contribution in [0.25, 0.3) is 0 Å². The number of hydrogen-bond donors (Lipinski definition) is 2. The van der Waals surface area contributed by atoms with Crippen LogP contribution in [0.4, 0.5) is 0 Å². The molecule has 1 heterocycles. The van der Waals surface area contributed by atoms with Crippen molar-refractivity contribution in [2.45, 2.75) is 38.8 Å². The zero-order chi connectivity index (χ0) is 11.5. The first-order valence-corrected chi connectivity index (χ1v) is 6.47. The van der Waals surface area contributed by atoms with Crippen molar-refractivity contribution >= 4 is 17.2 Å². The lowest BCUT2D eigenvalue weighted by molar-refractivity contribution is -0.120. The van der Waals surface area contributed by atoms with Gasteiger partial charge < -0.3 is 10.6 Å². The highest BCUT2D eigenvalue weighted by Crippen LogP contribution is 2.21. The van der Waals surface area contributed by atoms with Crippen molar-refractivity contribution in [2.75, 3.05) is 6.54 Å². The quantitative estimate of drug-likeness (QED) is 0.816. The van der Waals surface area contributed by atoms with Crippen LogP contribution in [0.2, 0.25) is 0 Å². The molecule has 2 N–H and O–H groups in total. The van der Waals surface area contributed by atoms with Gasteiger partial charge in [-0.2, -0.15) is 0 Å². The zero-order valence-corrected chi connectivity index (χ0v) is 10.4. The molecule has 1 aliphatic rings. The maximum atomic E-state index is 11.5. The molecule has 2 rings (SSSR count). The Morgan fingerprint density at radius 3 is 3.00 bits per heavy atom. The van der Waals surface area contributed by atoms with Gasteiger partial charge in [0.15, 0.2) is 0 Å². The van der Waals surface area contributed by atoms with Gasteiger partial charge in [-0.25, -0.2) is 4.98 Å². The van der Waals surface area contributed by atoms with Crippen LogP contribution < -0.4 is 10.6 Å². The van der Waals surface area contributed by atoms with Gasteiger partial charge in [0.2, 0.25) is 5.91 Å². The molecule has 0 aliphatic heterocycles. The molecule has 1 aromatic rings. The summed E-state index contributed by atoms with van der Waals surface area (Å²) < 4.78 is 0. The van der Waals surface area contributed by atoms with Crippen molar-refractivity contribution in [3.05, 3.63) is 16.1 Å². The van der Waals surface area contributed by atoms with Gasteiger partial charge in [0.1, 0.15) is 0 Å². The summed E-state index contributed by atoms with van der Waals surface area (Å²) >= 11 is 1.63. The minimum atomic E-state index is 0.0940. The standard InChI is InChI=1S/C11H17N3OS/c1-7(11-8(2)13-6-16-11)12-5-10(15)14-9-3-4-9/h6-7,9,12H,3-5H2,1-2H3,(H,14,15). The first-order valence-electron chi connectivity index (χ1n) is 5.59. The predicted molar refractivity (Wildman–Crippen MR) is 64.4 cm³/mol. The number of aryl methyl sites for hydroxylation is 1. The summed E-state index contributed by atoms with van der Waals surface area (Å²) in [6, 6.07) is 0.632. The number of aromatic nitrogens is 1.